The van der Waals surface area contributed by atoms with Gasteiger partial charge in [-0.05, 0) is 59.0 Å². The Morgan fingerprint density at radius 2 is 0.731 bits per heavy atom. The Labute approximate surface area is 182 Å². The molecule has 1 radical (unpaired) electrons. The van der Waals surface area contributed by atoms with Crippen LogP contribution in [0.5, 0.6) is 0 Å². The van der Waals surface area contributed by atoms with E-state index in [0.29, 0.717) is 0 Å². The molecule has 3 aromatic carbocycles. The van der Waals surface area contributed by atoms with Crippen LogP contribution in [0.15, 0.2) is 91.0 Å². The first-order chi connectivity index (χ1) is 10.4. The van der Waals surface area contributed by atoms with Crippen molar-refractivity contribution in [3.63, 3.8) is 0 Å². The fraction of sp³-hybridized carbons (Fsp3) is 0.0526. The quantitative estimate of drug-likeness (QED) is 0.231. The predicted octanol–water partition coefficient (Wildman–Crippen LogP) is 3.90. The van der Waals surface area contributed by atoms with Crippen molar-refractivity contribution in [3.8, 4) is 0 Å². The molecule has 0 aromatic heterocycles. The molecule has 4 nitrogen and oxygen atoms in total. The molecule has 0 saturated carbocycles. The van der Waals surface area contributed by atoms with Gasteiger partial charge < -0.3 is 21.9 Å². The van der Waals surface area contributed by atoms with E-state index in [4.69, 9.17) is 0 Å². The summed E-state index contributed by atoms with van der Waals surface area (Å²) in [5.41, 5.74) is 0. The van der Waals surface area contributed by atoms with Crippen LogP contribution in [0, 0.1) is 0 Å². The van der Waals surface area contributed by atoms with Gasteiger partial charge in [0.15, 0.2) is 0 Å². The summed E-state index contributed by atoms with van der Waals surface area (Å²) in [6.07, 6.45) is 0. The van der Waals surface area contributed by atoms with Crippen molar-refractivity contribution in [1.82, 2.24) is 0 Å². The molecule has 3 aromatic rings. The second kappa shape index (κ2) is 14.4. The van der Waals surface area contributed by atoms with Gasteiger partial charge in [-0.3, -0.25) is 0 Å². The molecule has 0 aliphatic carbocycles. The minimum Gasteiger partial charge on any atom is -2.00 e. The van der Waals surface area contributed by atoms with Gasteiger partial charge in [-0.15, -0.1) is 0 Å². The van der Waals surface area contributed by atoms with Gasteiger partial charge in [-0.25, -0.2) is 0 Å². The first-order valence-corrected chi connectivity index (χ1v) is 10.5. The van der Waals surface area contributed by atoms with Crippen molar-refractivity contribution in [1.29, 1.82) is 0 Å². The van der Waals surface area contributed by atoms with Crippen LogP contribution in [-0.4, -0.2) is 4.17 Å². The van der Waals surface area contributed by atoms with Crippen molar-refractivity contribution < 1.29 is 42.3 Å². The summed E-state index contributed by atoms with van der Waals surface area (Å²) < 4.78 is 1.11. The molecule has 0 aliphatic heterocycles. The van der Waals surface area contributed by atoms with E-state index in [0.717, 1.165) is 4.17 Å². The van der Waals surface area contributed by atoms with Crippen molar-refractivity contribution >= 4 is 45.8 Å². The smallest absolute Gasteiger partial charge is 0.124 e. The Morgan fingerprint density at radius 1 is 0.500 bits per heavy atom. The second-order valence-corrected chi connectivity index (χ2v) is 10.4. The molecular weight excluding hydrogens is 636 g/mol. The summed E-state index contributed by atoms with van der Waals surface area (Å²) in [5.74, 6) is 0. The second-order valence-electron chi connectivity index (χ2n) is 4.94. The Bertz CT molecular complexity index is 606. The first-order valence-electron chi connectivity index (χ1n) is 6.99. The van der Waals surface area contributed by atoms with Crippen molar-refractivity contribution in [2.24, 2.45) is 0 Å². The number of halogens is 1. The maximum atomic E-state index is 2.56. The Balaban J connectivity index is -0.00000106. The van der Waals surface area contributed by atoms with Crippen LogP contribution in [-0.2, 0) is 42.3 Å². The predicted molar refractivity (Wildman–Crippen MR) is 107 cm³/mol. The van der Waals surface area contributed by atoms with Gasteiger partial charge in [0.1, 0.15) is 27.3 Å². The van der Waals surface area contributed by atoms with E-state index in [1.807, 2.05) is 0 Å². The Kier molecular flexibility index (Phi) is 16.6. The zero-order valence-corrected chi connectivity index (χ0v) is 19.5. The molecule has 0 fully saturated rings. The summed E-state index contributed by atoms with van der Waals surface area (Å²) in [6, 6.07) is 32.9. The molecule has 26 heavy (non-hydrogen) atoms. The number of hydrogen-bond acceptors (Lipinski definition) is 0. The summed E-state index contributed by atoms with van der Waals surface area (Å²) in [4.78, 5) is 0. The summed E-state index contributed by atoms with van der Waals surface area (Å²) in [7, 11) is -1.55. The zero-order valence-electron chi connectivity index (χ0n) is 13.7. The molecule has 0 unspecified atom stereocenters. The van der Waals surface area contributed by atoms with Gasteiger partial charge in [0.2, 0.25) is 0 Å². The standard InChI is InChI=1S/C19H17IP.4O.Re/c20-16-21(17-10-4-1-5-11-17,18-12-6-2-7-13-18)19-14-8-3-9-15-19;;;;;/h1-15H,16H2;;;;;/q+1;4*-2;. The van der Waals surface area contributed by atoms with Crippen LogP contribution in [0.25, 0.3) is 0 Å². The van der Waals surface area contributed by atoms with E-state index < -0.39 is 7.26 Å². The summed E-state index contributed by atoms with van der Waals surface area (Å²) >= 11 is 2.56. The number of hydrogen-bond donors (Lipinski definition) is 0. The zero-order chi connectivity index (χ0) is 14.5. The minimum atomic E-state index is -1.55. The molecule has 143 valence electrons. The molecule has 0 N–H and O–H groups in total. The van der Waals surface area contributed by atoms with Crippen molar-refractivity contribution in [2.75, 3.05) is 4.17 Å². The molecule has 0 bridgehead atoms. The maximum absolute atomic E-state index is 2.56. The van der Waals surface area contributed by atoms with Gasteiger partial charge in [-0.1, -0.05) is 54.6 Å². The molecule has 0 amide bonds. The first kappa shape index (κ1) is 30.1. The van der Waals surface area contributed by atoms with Crippen LogP contribution in [0.2, 0.25) is 0 Å². The minimum absolute atomic E-state index is 0. The van der Waals surface area contributed by atoms with Crippen LogP contribution in [0.3, 0.4) is 0 Å². The topological polar surface area (TPSA) is 114 Å². The largest absolute Gasteiger partial charge is 2.00 e. The molecule has 0 spiro atoms. The summed E-state index contributed by atoms with van der Waals surface area (Å²) in [6.45, 7) is 0. The normalized spacial score (nSPS) is 9.12. The van der Waals surface area contributed by atoms with E-state index in [9.17, 15) is 0 Å². The molecular formula is C19H17IO4PRe-7. The van der Waals surface area contributed by atoms with Crippen LogP contribution in [0.1, 0.15) is 0 Å². The van der Waals surface area contributed by atoms with Gasteiger partial charge in [-0.2, -0.15) is 0 Å². The van der Waals surface area contributed by atoms with Crippen molar-refractivity contribution in [2.45, 2.75) is 0 Å². The third-order valence-corrected chi connectivity index (χ3v) is 10.7. The van der Waals surface area contributed by atoms with Gasteiger partial charge >= 0.3 is 0 Å². The van der Waals surface area contributed by atoms with Crippen LogP contribution in [0.4, 0.5) is 0 Å². The SMILES string of the molecule is IC[P+](c1ccccc1)(c1ccccc1)c1ccccc1.[O-2].[O-2].[O-2].[O-2].[Re]. The van der Waals surface area contributed by atoms with E-state index >= 15 is 0 Å². The average Bonchev–Trinajstić information content (AvgIpc) is 2.59. The fourth-order valence-electron chi connectivity index (χ4n) is 2.70. The molecule has 3 rings (SSSR count). The number of rotatable bonds is 4. The van der Waals surface area contributed by atoms with Crippen molar-refractivity contribution in [3.05, 3.63) is 91.0 Å². The Morgan fingerprint density at radius 3 is 0.923 bits per heavy atom. The van der Waals surface area contributed by atoms with Gasteiger partial charge in [0, 0.05) is 20.4 Å². The molecule has 0 heterocycles. The molecule has 0 aliphatic rings. The van der Waals surface area contributed by atoms with E-state index in [1.54, 1.807) is 0 Å². The van der Waals surface area contributed by atoms with E-state index in [2.05, 4.69) is 114 Å². The monoisotopic (exact) mass is 654 g/mol. The molecule has 0 atom stereocenters. The van der Waals surface area contributed by atoms with Crippen LogP contribution >= 0.6 is 29.9 Å². The van der Waals surface area contributed by atoms with Gasteiger partial charge in [0.25, 0.3) is 0 Å². The molecule has 0 saturated heterocycles. The fourth-order valence-corrected chi connectivity index (χ4v) is 9.60. The van der Waals surface area contributed by atoms with Crippen LogP contribution < -0.4 is 15.9 Å². The third kappa shape index (κ3) is 5.92. The third-order valence-electron chi connectivity index (χ3n) is 3.77. The number of benzene rings is 3. The average molecular weight is 653 g/mol. The van der Waals surface area contributed by atoms with Gasteiger partial charge in [0.05, 0.1) is 0 Å². The van der Waals surface area contributed by atoms with E-state index in [1.165, 1.54) is 15.9 Å². The number of alkyl halides is 1. The maximum Gasteiger partial charge on any atom is 0.124 e. The Hall–Kier alpha value is -0.678. The summed E-state index contributed by atoms with van der Waals surface area (Å²) in [5, 5.41) is 4.37. The molecule has 7 heteroatoms. The van der Waals surface area contributed by atoms with E-state index in [-0.39, 0.29) is 42.3 Å².